The lowest BCUT2D eigenvalue weighted by Gasteiger charge is -2.08. The third-order valence-electron chi connectivity index (χ3n) is 2.79. The fraction of sp³-hybridized carbons (Fsp3) is 0.500. The molecule has 0 amide bonds. The second-order valence-electron chi connectivity index (χ2n) is 3.67. The van der Waals surface area contributed by atoms with Crippen molar-refractivity contribution in [3.8, 4) is 0 Å². The number of rotatable bonds is 2. The van der Waals surface area contributed by atoms with Crippen LogP contribution in [0.15, 0.2) is 24.4 Å². The van der Waals surface area contributed by atoms with Crippen molar-refractivity contribution in [2.75, 3.05) is 6.61 Å². The molecule has 2 heterocycles. The van der Waals surface area contributed by atoms with Crippen LogP contribution in [-0.4, -0.2) is 11.6 Å². The summed E-state index contributed by atoms with van der Waals surface area (Å²) >= 11 is 0. The smallest absolute Gasteiger partial charge is 0.136 e. The normalized spacial score (nSPS) is 33.3. The largest absolute Gasteiger partial charge is 0.363 e. The molecule has 1 saturated carbocycles. The van der Waals surface area contributed by atoms with Crippen LogP contribution in [0.1, 0.15) is 18.5 Å². The maximum absolute atomic E-state index is 5.54. The van der Waals surface area contributed by atoms with Crippen molar-refractivity contribution in [1.82, 2.24) is 4.98 Å². The summed E-state index contributed by atoms with van der Waals surface area (Å²) in [6.45, 7) is 0.884. The van der Waals surface area contributed by atoms with Crippen LogP contribution in [-0.2, 0) is 10.3 Å². The number of pyridine rings is 1. The second kappa shape index (κ2) is 2.07. The molecule has 1 aromatic heterocycles. The van der Waals surface area contributed by atoms with Crippen LogP contribution in [0, 0.1) is 5.92 Å². The van der Waals surface area contributed by atoms with Gasteiger partial charge >= 0.3 is 0 Å². The predicted molar refractivity (Wildman–Crippen MR) is 44.6 cm³/mol. The second-order valence-corrected chi connectivity index (χ2v) is 3.67. The van der Waals surface area contributed by atoms with Gasteiger partial charge in [-0.3, -0.25) is 4.98 Å². The molecule has 1 aliphatic carbocycles. The average molecular weight is 161 g/mol. The highest BCUT2D eigenvalue weighted by atomic mass is 16.6. The van der Waals surface area contributed by atoms with Gasteiger partial charge < -0.3 is 4.74 Å². The van der Waals surface area contributed by atoms with Gasteiger partial charge in [-0.15, -0.1) is 0 Å². The maximum Gasteiger partial charge on any atom is 0.136 e. The van der Waals surface area contributed by atoms with Crippen LogP contribution in [0.3, 0.4) is 0 Å². The zero-order valence-corrected chi connectivity index (χ0v) is 6.86. The Morgan fingerprint density at radius 3 is 2.75 bits per heavy atom. The molecule has 0 bridgehead atoms. The van der Waals surface area contributed by atoms with Gasteiger partial charge in [-0.1, -0.05) is 6.07 Å². The lowest BCUT2D eigenvalue weighted by molar-refractivity contribution is 0.272. The molecule has 1 aliphatic heterocycles. The third-order valence-corrected chi connectivity index (χ3v) is 2.79. The van der Waals surface area contributed by atoms with E-state index in [0.29, 0.717) is 0 Å². The molecular weight excluding hydrogens is 150 g/mol. The summed E-state index contributed by atoms with van der Waals surface area (Å²) in [6.07, 6.45) is 4.48. The standard InChI is InChI=1S/C10H11NO/c1-2-6-11-9(3-1)10(7-12-10)8-4-5-8/h1-3,6,8H,4-5,7H2. The van der Waals surface area contributed by atoms with E-state index in [1.807, 2.05) is 18.3 Å². The van der Waals surface area contributed by atoms with Crippen molar-refractivity contribution in [1.29, 1.82) is 0 Å². The monoisotopic (exact) mass is 161 g/mol. The van der Waals surface area contributed by atoms with Gasteiger partial charge in [0, 0.05) is 6.20 Å². The minimum atomic E-state index is 0.0429. The van der Waals surface area contributed by atoms with Gasteiger partial charge in [0.15, 0.2) is 0 Å². The molecule has 62 valence electrons. The first-order valence-corrected chi connectivity index (χ1v) is 4.47. The summed E-state index contributed by atoms with van der Waals surface area (Å²) < 4.78 is 5.54. The molecule has 0 N–H and O–H groups in total. The van der Waals surface area contributed by atoms with Crippen molar-refractivity contribution < 1.29 is 4.74 Å². The zero-order chi connectivity index (χ0) is 8.02. The molecule has 1 saturated heterocycles. The van der Waals surface area contributed by atoms with Crippen molar-refractivity contribution in [3.05, 3.63) is 30.1 Å². The lowest BCUT2D eigenvalue weighted by atomic mass is 10.0. The summed E-state index contributed by atoms with van der Waals surface area (Å²) in [4.78, 5) is 4.35. The van der Waals surface area contributed by atoms with Crippen LogP contribution >= 0.6 is 0 Å². The average Bonchev–Trinajstić information content (AvgIpc) is 2.99. The highest BCUT2D eigenvalue weighted by Crippen LogP contribution is 2.55. The van der Waals surface area contributed by atoms with Crippen molar-refractivity contribution in [2.45, 2.75) is 18.4 Å². The highest BCUT2D eigenvalue weighted by molar-refractivity contribution is 5.22. The van der Waals surface area contributed by atoms with E-state index < -0.39 is 0 Å². The van der Waals surface area contributed by atoms with Gasteiger partial charge in [0.1, 0.15) is 5.60 Å². The Balaban J connectivity index is 1.97. The number of hydrogen-bond donors (Lipinski definition) is 0. The molecule has 2 heteroatoms. The SMILES string of the molecule is c1ccc(C2(C3CC3)CO2)nc1. The van der Waals surface area contributed by atoms with E-state index in [1.165, 1.54) is 12.8 Å². The summed E-state index contributed by atoms with van der Waals surface area (Å²) in [6, 6.07) is 6.06. The van der Waals surface area contributed by atoms with Gasteiger partial charge in [-0.25, -0.2) is 0 Å². The van der Waals surface area contributed by atoms with Gasteiger partial charge in [0.05, 0.1) is 12.3 Å². The lowest BCUT2D eigenvalue weighted by Crippen LogP contribution is -2.12. The molecule has 2 aliphatic rings. The first kappa shape index (κ1) is 6.61. The molecule has 0 aromatic carbocycles. The van der Waals surface area contributed by atoms with Crippen LogP contribution in [0.2, 0.25) is 0 Å². The molecule has 1 atom stereocenters. The van der Waals surface area contributed by atoms with Gasteiger partial charge in [0.2, 0.25) is 0 Å². The minimum Gasteiger partial charge on any atom is -0.363 e. The van der Waals surface area contributed by atoms with Gasteiger partial charge in [-0.2, -0.15) is 0 Å². The summed E-state index contributed by atoms with van der Waals surface area (Å²) in [5, 5.41) is 0. The van der Waals surface area contributed by atoms with E-state index in [4.69, 9.17) is 4.74 Å². The third kappa shape index (κ3) is 0.815. The van der Waals surface area contributed by atoms with E-state index in [1.54, 1.807) is 0 Å². The van der Waals surface area contributed by atoms with Crippen molar-refractivity contribution >= 4 is 0 Å². The van der Waals surface area contributed by atoms with E-state index >= 15 is 0 Å². The Bertz CT molecular complexity index is 288. The Hall–Kier alpha value is -0.890. The maximum atomic E-state index is 5.54. The summed E-state index contributed by atoms with van der Waals surface area (Å²) in [5.74, 6) is 0.757. The Morgan fingerprint density at radius 1 is 1.42 bits per heavy atom. The van der Waals surface area contributed by atoms with E-state index in [9.17, 15) is 0 Å². The minimum absolute atomic E-state index is 0.0429. The molecule has 0 spiro atoms. The number of epoxide rings is 1. The molecule has 1 aromatic rings. The van der Waals surface area contributed by atoms with Gasteiger partial charge in [-0.05, 0) is 30.9 Å². The zero-order valence-electron chi connectivity index (χ0n) is 6.86. The Morgan fingerprint density at radius 2 is 2.25 bits per heavy atom. The number of aromatic nitrogens is 1. The molecular formula is C10H11NO. The fourth-order valence-corrected chi connectivity index (χ4v) is 1.83. The quantitative estimate of drug-likeness (QED) is 0.617. The molecule has 2 nitrogen and oxygen atoms in total. The van der Waals surface area contributed by atoms with Crippen LogP contribution in [0.25, 0.3) is 0 Å². The molecule has 0 radical (unpaired) electrons. The molecule has 12 heavy (non-hydrogen) atoms. The van der Waals surface area contributed by atoms with Crippen molar-refractivity contribution in [2.24, 2.45) is 5.92 Å². The topological polar surface area (TPSA) is 25.4 Å². The van der Waals surface area contributed by atoms with Crippen LogP contribution < -0.4 is 0 Å². The number of nitrogens with zero attached hydrogens (tertiary/aromatic N) is 1. The number of hydrogen-bond acceptors (Lipinski definition) is 2. The van der Waals surface area contributed by atoms with Crippen LogP contribution in [0.5, 0.6) is 0 Å². The van der Waals surface area contributed by atoms with E-state index in [0.717, 1.165) is 18.2 Å². The molecule has 2 fully saturated rings. The Labute approximate surface area is 71.6 Å². The predicted octanol–water partition coefficient (Wildman–Crippen LogP) is 1.72. The highest BCUT2D eigenvalue weighted by Gasteiger charge is 2.58. The van der Waals surface area contributed by atoms with Crippen molar-refractivity contribution in [3.63, 3.8) is 0 Å². The number of ether oxygens (including phenoxy) is 1. The van der Waals surface area contributed by atoms with Crippen LogP contribution in [0.4, 0.5) is 0 Å². The summed E-state index contributed by atoms with van der Waals surface area (Å²) in [5.41, 5.74) is 1.17. The van der Waals surface area contributed by atoms with Gasteiger partial charge in [0.25, 0.3) is 0 Å². The molecule has 3 rings (SSSR count). The molecule has 1 unspecified atom stereocenters. The first-order chi connectivity index (χ1) is 5.92. The summed E-state index contributed by atoms with van der Waals surface area (Å²) in [7, 11) is 0. The van der Waals surface area contributed by atoms with E-state index in [2.05, 4.69) is 11.1 Å². The van der Waals surface area contributed by atoms with E-state index in [-0.39, 0.29) is 5.60 Å². The Kier molecular flexibility index (Phi) is 1.14. The first-order valence-electron chi connectivity index (χ1n) is 4.47. The fourth-order valence-electron chi connectivity index (χ4n) is 1.83.